The van der Waals surface area contributed by atoms with Crippen molar-refractivity contribution in [2.24, 2.45) is 0 Å². The highest BCUT2D eigenvalue weighted by molar-refractivity contribution is 6.33. The van der Waals surface area contributed by atoms with Crippen LogP contribution in [0.2, 0.25) is 5.02 Å². The first-order valence-corrected chi connectivity index (χ1v) is 12.3. The zero-order chi connectivity index (χ0) is 25.9. The Morgan fingerprint density at radius 3 is 2.62 bits per heavy atom. The summed E-state index contributed by atoms with van der Waals surface area (Å²) in [6, 6.07) is 12.9. The highest BCUT2D eigenvalue weighted by Crippen LogP contribution is 2.23. The summed E-state index contributed by atoms with van der Waals surface area (Å²) in [7, 11) is 0. The van der Waals surface area contributed by atoms with E-state index in [-0.39, 0.29) is 23.0 Å². The van der Waals surface area contributed by atoms with E-state index in [1.165, 1.54) is 4.68 Å². The topological polar surface area (TPSA) is 118 Å². The number of allylic oxidation sites excluding steroid dienone is 1. The third-order valence-electron chi connectivity index (χ3n) is 6.14. The maximum absolute atomic E-state index is 12.8. The number of carbonyl (C=O) groups is 1. The SMILES string of the molecule is C[C@@H]1CN(c2cnn(C/C=C/c3ccc(NC(=O)c4ccc5nonc5c4)cc3)c(=O)c2Cl)C[C@H](C)N1. The quantitative estimate of drug-likeness (QED) is 0.397. The predicted molar refractivity (Wildman–Crippen MR) is 143 cm³/mol. The second-order valence-corrected chi connectivity index (χ2v) is 9.53. The van der Waals surface area contributed by atoms with Gasteiger partial charge in [-0.25, -0.2) is 9.31 Å². The Hall–Kier alpha value is -4.02. The Balaban J connectivity index is 1.20. The molecule has 3 heterocycles. The van der Waals surface area contributed by atoms with Crippen LogP contribution in [-0.2, 0) is 6.54 Å². The van der Waals surface area contributed by atoms with E-state index >= 15 is 0 Å². The molecule has 1 amide bonds. The van der Waals surface area contributed by atoms with E-state index in [4.69, 9.17) is 11.6 Å². The number of anilines is 2. The summed E-state index contributed by atoms with van der Waals surface area (Å²) >= 11 is 6.44. The van der Waals surface area contributed by atoms with Gasteiger partial charge in [0.05, 0.1) is 18.4 Å². The van der Waals surface area contributed by atoms with E-state index in [0.29, 0.717) is 40.1 Å². The van der Waals surface area contributed by atoms with Gasteiger partial charge in [0, 0.05) is 36.4 Å². The zero-order valence-corrected chi connectivity index (χ0v) is 21.1. The van der Waals surface area contributed by atoms with Crippen LogP contribution in [0.3, 0.4) is 0 Å². The molecule has 5 rings (SSSR count). The lowest BCUT2D eigenvalue weighted by molar-refractivity contribution is 0.102. The summed E-state index contributed by atoms with van der Waals surface area (Å²) in [6.07, 6.45) is 5.39. The maximum Gasteiger partial charge on any atom is 0.287 e. The van der Waals surface area contributed by atoms with Crippen LogP contribution in [0, 0.1) is 0 Å². The average molecular weight is 520 g/mol. The molecule has 1 saturated heterocycles. The molecule has 2 atom stereocenters. The third-order valence-corrected chi connectivity index (χ3v) is 6.49. The fourth-order valence-corrected chi connectivity index (χ4v) is 4.69. The van der Waals surface area contributed by atoms with Gasteiger partial charge in [0.25, 0.3) is 11.5 Å². The summed E-state index contributed by atoms with van der Waals surface area (Å²) in [5, 5.41) is 18.3. The van der Waals surface area contributed by atoms with E-state index in [9.17, 15) is 9.59 Å². The molecule has 10 nitrogen and oxygen atoms in total. The third kappa shape index (κ3) is 5.55. The van der Waals surface area contributed by atoms with E-state index < -0.39 is 0 Å². The van der Waals surface area contributed by atoms with Gasteiger partial charge in [0.2, 0.25) is 0 Å². The Labute approximate surface area is 217 Å². The molecule has 0 saturated carbocycles. The standard InChI is InChI=1S/C26H26ClN7O3/c1-16-14-33(15-17(2)29-16)23-13-28-34(26(36)24(23)27)11-3-4-18-5-8-20(9-6-18)30-25(35)19-7-10-21-22(12-19)32-37-31-21/h3-10,12-13,16-17,29H,11,14-15H2,1-2H3,(H,30,35)/b4-3+/t16-,17+. The van der Waals surface area contributed by atoms with Gasteiger partial charge in [-0.2, -0.15) is 5.10 Å². The number of nitrogens with zero attached hydrogens (tertiary/aromatic N) is 5. The molecule has 0 aliphatic carbocycles. The Kier molecular flexibility index (Phi) is 7.02. The van der Waals surface area contributed by atoms with Crippen molar-refractivity contribution in [3.05, 3.63) is 81.2 Å². The van der Waals surface area contributed by atoms with Crippen molar-refractivity contribution in [2.75, 3.05) is 23.3 Å². The first kappa shape index (κ1) is 24.7. The molecular formula is C26H26ClN7O3. The minimum absolute atomic E-state index is 0.184. The molecule has 0 bridgehead atoms. The monoisotopic (exact) mass is 519 g/mol. The van der Waals surface area contributed by atoms with Gasteiger partial charge in [-0.3, -0.25) is 9.59 Å². The molecule has 37 heavy (non-hydrogen) atoms. The molecule has 0 unspecified atom stereocenters. The molecule has 2 N–H and O–H groups in total. The predicted octanol–water partition coefficient (Wildman–Crippen LogP) is 3.59. The summed E-state index contributed by atoms with van der Waals surface area (Å²) in [4.78, 5) is 27.5. The van der Waals surface area contributed by atoms with Crippen LogP contribution in [0.5, 0.6) is 0 Å². The van der Waals surface area contributed by atoms with E-state index in [2.05, 4.69) is 49.4 Å². The van der Waals surface area contributed by atoms with Gasteiger partial charge in [-0.1, -0.05) is 35.9 Å². The minimum atomic E-state index is -0.319. The van der Waals surface area contributed by atoms with Crippen LogP contribution in [0.1, 0.15) is 29.8 Å². The second kappa shape index (κ2) is 10.5. The van der Waals surface area contributed by atoms with E-state index in [0.717, 1.165) is 18.7 Å². The molecule has 11 heteroatoms. The van der Waals surface area contributed by atoms with Crippen LogP contribution in [0.15, 0.2) is 64.2 Å². The minimum Gasteiger partial charge on any atom is -0.366 e. The summed E-state index contributed by atoms with van der Waals surface area (Å²) in [5.74, 6) is -0.260. The molecule has 2 aromatic heterocycles. The molecular weight excluding hydrogens is 494 g/mol. The molecule has 190 valence electrons. The van der Waals surface area contributed by atoms with Crippen molar-refractivity contribution in [2.45, 2.75) is 32.5 Å². The first-order chi connectivity index (χ1) is 17.9. The number of rotatable bonds is 6. The van der Waals surface area contributed by atoms with Crippen molar-refractivity contribution >= 4 is 46.0 Å². The van der Waals surface area contributed by atoms with Gasteiger partial charge in [0.1, 0.15) is 16.1 Å². The van der Waals surface area contributed by atoms with Gasteiger partial charge in [-0.15, -0.1) is 0 Å². The van der Waals surface area contributed by atoms with Crippen molar-refractivity contribution < 1.29 is 9.42 Å². The summed E-state index contributed by atoms with van der Waals surface area (Å²) in [6.45, 7) is 6.02. The van der Waals surface area contributed by atoms with Gasteiger partial charge >= 0.3 is 0 Å². The molecule has 4 aromatic rings. The fraction of sp³-hybridized carbons (Fsp3) is 0.269. The van der Waals surface area contributed by atoms with Crippen LogP contribution in [0.4, 0.5) is 11.4 Å². The average Bonchev–Trinajstić information content (AvgIpc) is 3.35. The number of hydrogen-bond donors (Lipinski definition) is 2. The van der Waals surface area contributed by atoms with Crippen LogP contribution >= 0.6 is 11.6 Å². The number of aromatic nitrogens is 4. The molecule has 1 aliphatic rings. The number of nitrogens with one attached hydrogen (secondary N) is 2. The summed E-state index contributed by atoms with van der Waals surface area (Å²) < 4.78 is 6.01. The number of hydrogen-bond acceptors (Lipinski definition) is 8. The number of fused-ring (bicyclic) bond motifs is 1. The number of piperazine rings is 1. The van der Waals surface area contributed by atoms with Crippen LogP contribution < -0.4 is 21.1 Å². The first-order valence-electron chi connectivity index (χ1n) is 11.9. The van der Waals surface area contributed by atoms with Crippen molar-refractivity contribution in [1.29, 1.82) is 0 Å². The number of carbonyl (C=O) groups excluding carboxylic acids is 1. The highest BCUT2D eigenvalue weighted by atomic mass is 35.5. The Bertz CT molecular complexity index is 1500. The number of halogens is 1. The Morgan fingerprint density at radius 2 is 1.86 bits per heavy atom. The molecule has 0 spiro atoms. The fourth-order valence-electron chi connectivity index (χ4n) is 4.42. The molecule has 2 aromatic carbocycles. The molecule has 1 fully saturated rings. The molecule has 1 aliphatic heterocycles. The highest BCUT2D eigenvalue weighted by Gasteiger charge is 2.24. The lowest BCUT2D eigenvalue weighted by Gasteiger charge is -2.37. The number of amides is 1. The van der Waals surface area contributed by atoms with E-state index in [1.807, 2.05) is 24.3 Å². The van der Waals surface area contributed by atoms with Crippen LogP contribution in [-0.4, -0.2) is 51.2 Å². The lowest BCUT2D eigenvalue weighted by Crippen LogP contribution is -2.54. The number of benzene rings is 2. The summed E-state index contributed by atoms with van der Waals surface area (Å²) in [5.41, 5.74) is 3.47. The smallest absolute Gasteiger partial charge is 0.287 e. The van der Waals surface area contributed by atoms with E-state index in [1.54, 1.807) is 36.5 Å². The van der Waals surface area contributed by atoms with Crippen molar-refractivity contribution in [1.82, 2.24) is 25.4 Å². The Morgan fingerprint density at radius 1 is 1.14 bits per heavy atom. The maximum atomic E-state index is 12.8. The molecule has 0 radical (unpaired) electrons. The van der Waals surface area contributed by atoms with Crippen molar-refractivity contribution in [3.8, 4) is 0 Å². The lowest BCUT2D eigenvalue weighted by atomic mass is 10.1. The largest absolute Gasteiger partial charge is 0.366 e. The van der Waals surface area contributed by atoms with Gasteiger partial charge < -0.3 is 15.5 Å². The van der Waals surface area contributed by atoms with Crippen molar-refractivity contribution in [3.63, 3.8) is 0 Å². The normalized spacial score (nSPS) is 18.0. The van der Waals surface area contributed by atoms with Crippen LogP contribution in [0.25, 0.3) is 17.1 Å². The second-order valence-electron chi connectivity index (χ2n) is 9.15. The van der Waals surface area contributed by atoms with Gasteiger partial charge in [-0.05, 0) is 60.1 Å². The van der Waals surface area contributed by atoms with Gasteiger partial charge in [0.15, 0.2) is 0 Å². The zero-order valence-electron chi connectivity index (χ0n) is 20.4.